The van der Waals surface area contributed by atoms with Crippen LogP contribution >= 0.6 is 0 Å². The molecule has 160 valence electrons. The zero-order valence-electron chi connectivity index (χ0n) is 17.5. The molecule has 4 aromatic rings. The third kappa shape index (κ3) is 5.49. The predicted octanol–water partition coefficient (Wildman–Crippen LogP) is 4.30. The summed E-state index contributed by atoms with van der Waals surface area (Å²) in [5.41, 5.74) is 3.51. The summed E-state index contributed by atoms with van der Waals surface area (Å²) < 4.78 is 5.40. The van der Waals surface area contributed by atoms with Crippen molar-refractivity contribution >= 4 is 11.8 Å². The molecule has 1 N–H and O–H groups in total. The van der Waals surface area contributed by atoms with Gasteiger partial charge in [0.1, 0.15) is 5.76 Å². The summed E-state index contributed by atoms with van der Waals surface area (Å²) >= 11 is 0. The lowest BCUT2D eigenvalue weighted by Crippen LogP contribution is -2.39. The van der Waals surface area contributed by atoms with Crippen molar-refractivity contribution in [2.24, 2.45) is 0 Å². The Balaban J connectivity index is 1.39. The number of nitrogens with one attached hydrogen (secondary N) is 1. The van der Waals surface area contributed by atoms with Gasteiger partial charge in [-0.15, -0.1) is 0 Å². The highest BCUT2D eigenvalue weighted by Crippen LogP contribution is 2.19. The smallest absolute Gasteiger partial charge is 0.251 e. The van der Waals surface area contributed by atoms with Gasteiger partial charge in [-0.25, -0.2) is 0 Å². The summed E-state index contributed by atoms with van der Waals surface area (Å²) in [5.74, 6) is 0.168. The van der Waals surface area contributed by atoms with Crippen molar-refractivity contribution in [1.29, 1.82) is 0 Å². The van der Waals surface area contributed by atoms with Gasteiger partial charge < -0.3 is 14.6 Å². The number of aromatic nitrogens is 1. The zero-order valence-corrected chi connectivity index (χ0v) is 17.5. The number of carbonyl (C=O) groups is 2. The van der Waals surface area contributed by atoms with Crippen LogP contribution in [0, 0.1) is 0 Å². The molecule has 0 aliphatic rings. The number of rotatable bonds is 8. The van der Waals surface area contributed by atoms with Gasteiger partial charge in [0, 0.05) is 24.5 Å². The molecule has 0 radical (unpaired) electrons. The number of pyridine rings is 1. The van der Waals surface area contributed by atoms with E-state index >= 15 is 0 Å². The molecule has 32 heavy (non-hydrogen) atoms. The number of hydrogen-bond acceptors (Lipinski definition) is 4. The minimum absolute atomic E-state index is 0.111. The third-order valence-electron chi connectivity index (χ3n) is 5.03. The Morgan fingerprint density at radius 1 is 0.844 bits per heavy atom. The molecule has 0 atom stereocenters. The molecular formula is C26H23N3O3. The number of furan rings is 1. The molecule has 0 fully saturated rings. The summed E-state index contributed by atoms with van der Waals surface area (Å²) in [6.07, 6.45) is 4.98. The molecule has 0 saturated heterocycles. The SMILES string of the molecule is O=C(NCC(=O)N(Cc1cccnc1)Cc1ccco1)c1ccc(-c2ccccc2)cc1. The van der Waals surface area contributed by atoms with Crippen LogP contribution in [0.15, 0.2) is 102 Å². The van der Waals surface area contributed by atoms with Gasteiger partial charge in [-0.2, -0.15) is 0 Å². The van der Waals surface area contributed by atoms with E-state index in [2.05, 4.69) is 10.3 Å². The first-order valence-corrected chi connectivity index (χ1v) is 10.3. The van der Waals surface area contributed by atoms with Crippen LogP contribution in [0.5, 0.6) is 0 Å². The van der Waals surface area contributed by atoms with Crippen molar-refractivity contribution < 1.29 is 14.0 Å². The van der Waals surface area contributed by atoms with Gasteiger partial charge in [-0.3, -0.25) is 14.6 Å². The Morgan fingerprint density at radius 2 is 1.62 bits per heavy atom. The molecule has 2 aromatic heterocycles. The molecule has 0 spiro atoms. The molecule has 2 heterocycles. The lowest BCUT2D eigenvalue weighted by atomic mass is 10.0. The van der Waals surface area contributed by atoms with Crippen molar-refractivity contribution in [3.05, 3.63) is 114 Å². The van der Waals surface area contributed by atoms with Crippen molar-refractivity contribution in [2.45, 2.75) is 13.1 Å². The van der Waals surface area contributed by atoms with Gasteiger partial charge in [0.15, 0.2) is 0 Å². The van der Waals surface area contributed by atoms with E-state index in [9.17, 15) is 9.59 Å². The fourth-order valence-corrected chi connectivity index (χ4v) is 3.35. The Labute approximate surface area is 186 Å². The van der Waals surface area contributed by atoms with E-state index in [0.717, 1.165) is 16.7 Å². The summed E-state index contributed by atoms with van der Waals surface area (Å²) in [4.78, 5) is 31.2. The highest BCUT2D eigenvalue weighted by atomic mass is 16.3. The Bertz CT molecular complexity index is 1140. The fourth-order valence-electron chi connectivity index (χ4n) is 3.35. The number of carbonyl (C=O) groups excluding carboxylic acids is 2. The highest BCUT2D eigenvalue weighted by Gasteiger charge is 2.17. The first-order chi connectivity index (χ1) is 15.7. The van der Waals surface area contributed by atoms with E-state index in [-0.39, 0.29) is 18.4 Å². The van der Waals surface area contributed by atoms with Gasteiger partial charge in [-0.05, 0) is 47.0 Å². The fraction of sp³-hybridized carbons (Fsp3) is 0.115. The maximum atomic E-state index is 12.9. The molecular weight excluding hydrogens is 402 g/mol. The average molecular weight is 425 g/mol. The lowest BCUT2D eigenvalue weighted by Gasteiger charge is -2.22. The average Bonchev–Trinajstić information content (AvgIpc) is 3.36. The highest BCUT2D eigenvalue weighted by molar-refractivity contribution is 5.96. The molecule has 6 nitrogen and oxygen atoms in total. The Kier molecular flexibility index (Phi) is 6.72. The van der Waals surface area contributed by atoms with E-state index in [4.69, 9.17) is 4.42 Å². The molecule has 0 aliphatic carbocycles. The summed E-state index contributed by atoms with van der Waals surface area (Å²) in [7, 11) is 0. The summed E-state index contributed by atoms with van der Waals surface area (Å²) in [6.45, 7) is 0.567. The van der Waals surface area contributed by atoms with Crippen LogP contribution in [0.2, 0.25) is 0 Å². The van der Waals surface area contributed by atoms with Gasteiger partial charge in [0.25, 0.3) is 5.91 Å². The van der Waals surface area contributed by atoms with Crippen LogP contribution in [-0.2, 0) is 17.9 Å². The van der Waals surface area contributed by atoms with E-state index in [0.29, 0.717) is 24.4 Å². The first kappa shape index (κ1) is 21.1. The number of benzene rings is 2. The second-order valence-corrected chi connectivity index (χ2v) is 7.32. The predicted molar refractivity (Wildman–Crippen MR) is 121 cm³/mol. The molecule has 0 unspecified atom stereocenters. The molecule has 4 rings (SSSR count). The maximum absolute atomic E-state index is 12.9. The van der Waals surface area contributed by atoms with Gasteiger partial charge in [0.2, 0.25) is 5.91 Å². The van der Waals surface area contributed by atoms with E-state index < -0.39 is 0 Å². The van der Waals surface area contributed by atoms with E-state index in [1.807, 2.05) is 60.7 Å². The normalized spacial score (nSPS) is 10.5. The molecule has 6 heteroatoms. The number of amides is 2. The number of hydrogen-bond donors (Lipinski definition) is 1. The third-order valence-corrected chi connectivity index (χ3v) is 5.03. The molecule has 0 aliphatic heterocycles. The van der Waals surface area contributed by atoms with Crippen LogP contribution in [0.25, 0.3) is 11.1 Å². The Hall–Kier alpha value is -4.19. The van der Waals surface area contributed by atoms with Crippen LogP contribution in [-0.4, -0.2) is 28.2 Å². The van der Waals surface area contributed by atoms with Crippen molar-refractivity contribution in [2.75, 3.05) is 6.54 Å². The standard InChI is InChI=1S/C26H23N3O3/c30-25(29(19-24-9-5-15-32-24)18-20-6-4-14-27-16-20)17-28-26(31)23-12-10-22(11-13-23)21-7-2-1-3-8-21/h1-16H,17-19H2,(H,28,31). The minimum Gasteiger partial charge on any atom is -0.467 e. The van der Waals surface area contributed by atoms with E-state index in [1.165, 1.54) is 0 Å². The minimum atomic E-state index is -0.294. The molecule has 2 amide bonds. The van der Waals surface area contributed by atoms with Crippen molar-refractivity contribution in [1.82, 2.24) is 15.2 Å². The molecule has 0 saturated carbocycles. The summed E-state index contributed by atoms with van der Waals surface area (Å²) in [5, 5.41) is 2.73. The zero-order chi connectivity index (χ0) is 22.2. The van der Waals surface area contributed by atoms with Crippen molar-refractivity contribution in [3.63, 3.8) is 0 Å². The van der Waals surface area contributed by atoms with Crippen LogP contribution in [0.4, 0.5) is 0 Å². The maximum Gasteiger partial charge on any atom is 0.251 e. The van der Waals surface area contributed by atoms with Gasteiger partial charge in [-0.1, -0.05) is 48.5 Å². The Morgan fingerprint density at radius 3 is 2.31 bits per heavy atom. The van der Waals surface area contributed by atoms with Crippen LogP contribution < -0.4 is 5.32 Å². The number of nitrogens with zero attached hydrogens (tertiary/aromatic N) is 2. The van der Waals surface area contributed by atoms with Crippen LogP contribution in [0.1, 0.15) is 21.7 Å². The first-order valence-electron chi connectivity index (χ1n) is 10.3. The van der Waals surface area contributed by atoms with Crippen LogP contribution in [0.3, 0.4) is 0 Å². The topological polar surface area (TPSA) is 75.4 Å². The molecule has 0 bridgehead atoms. The second-order valence-electron chi connectivity index (χ2n) is 7.32. The van der Waals surface area contributed by atoms with Gasteiger partial charge in [0.05, 0.1) is 19.4 Å². The second kappa shape index (κ2) is 10.2. The molecule has 2 aromatic carbocycles. The quantitative estimate of drug-likeness (QED) is 0.457. The lowest BCUT2D eigenvalue weighted by molar-refractivity contribution is -0.131. The summed E-state index contributed by atoms with van der Waals surface area (Å²) in [6, 6.07) is 24.6. The van der Waals surface area contributed by atoms with Crippen molar-refractivity contribution in [3.8, 4) is 11.1 Å². The largest absolute Gasteiger partial charge is 0.467 e. The monoisotopic (exact) mass is 425 g/mol. The van der Waals surface area contributed by atoms with Gasteiger partial charge >= 0.3 is 0 Å². The van der Waals surface area contributed by atoms with E-state index in [1.54, 1.807) is 41.8 Å².